The molecule has 1 amide bonds. The van der Waals surface area contributed by atoms with Crippen molar-refractivity contribution >= 4 is 34.6 Å². The first kappa shape index (κ1) is 16.6. The fourth-order valence-corrected chi connectivity index (χ4v) is 3.93. The van der Waals surface area contributed by atoms with Crippen molar-refractivity contribution in [1.29, 1.82) is 0 Å². The van der Waals surface area contributed by atoms with Crippen LogP contribution in [0.4, 0.5) is 5.69 Å². The molecule has 0 unspecified atom stereocenters. The number of furan rings is 1. The second-order valence-corrected chi connectivity index (χ2v) is 6.99. The highest BCUT2D eigenvalue weighted by Crippen LogP contribution is 2.34. The summed E-state index contributed by atoms with van der Waals surface area (Å²) >= 11 is 1.34. The number of amides is 1. The molecule has 4 rings (SSSR count). The second kappa shape index (κ2) is 6.80. The van der Waals surface area contributed by atoms with Crippen LogP contribution in [-0.4, -0.2) is 34.0 Å². The van der Waals surface area contributed by atoms with Gasteiger partial charge in [-0.15, -0.1) is 0 Å². The minimum absolute atomic E-state index is 0.0213. The molecule has 0 bridgehead atoms. The largest absolute Gasteiger partial charge is 0.456 e. The van der Waals surface area contributed by atoms with Gasteiger partial charge in [0.1, 0.15) is 11.5 Å². The number of rotatable bonds is 3. The lowest BCUT2D eigenvalue weighted by Gasteiger charge is -2.14. The van der Waals surface area contributed by atoms with Gasteiger partial charge in [-0.05, 0) is 42.8 Å². The maximum absolute atomic E-state index is 12.1. The lowest BCUT2D eigenvalue weighted by atomic mass is 10.1. The van der Waals surface area contributed by atoms with Gasteiger partial charge in [0.15, 0.2) is 5.17 Å². The van der Waals surface area contributed by atoms with Gasteiger partial charge in [-0.25, -0.2) is 0 Å². The summed E-state index contributed by atoms with van der Waals surface area (Å²) in [7, 11) is 0. The number of carbonyl (C=O) groups excluding carboxylic acids is 1. The van der Waals surface area contributed by atoms with E-state index in [4.69, 9.17) is 4.42 Å². The number of nitro groups is 1. The summed E-state index contributed by atoms with van der Waals surface area (Å²) in [6, 6.07) is 9.76. The Kier molecular flexibility index (Phi) is 4.34. The van der Waals surface area contributed by atoms with Crippen LogP contribution in [0.1, 0.15) is 18.6 Å². The zero-order chi connectivity index (χ0) is 18.1. The molecule has 0 saturated carbocycles. The quantitative estimate of drug-likeness (QED) is 0.463. The predicted molar refractivity (Wildman–Crippen MR) is 99.6 cm³/mol. The maximum atomic E-state index is 12.1. The Labute approximate surface area is 153 Å². The zero-order valence-electron chi connectivity index (χ0n) is 13.8. The highest BCUT2D eigenvalue weighted by atomic mass is 32.2. The van der Waals surface area contributed by atoms with Crippen molar-refractivity contribution in [2.24, 2.45) is 4.99 Å². The molecule has 2 aliphatic rings. The minimum Gasteiger partial charge on any atom is -0.456 e. The lowest BCUT2D eigenvalue weighted by Crippen LogP contribution is -2.23. The van der Waals surface area contributed by atoms with E-state index in [9.17, 15) is 14.9 Å². The summed E-state index contributed by atoms with van der Waals surface area (Å²) in [6.07, 6.45) is 3.87. The van der Waals surface area contributed by atoms with E-state index in [1.807, 2.05) is 0 Å². The molecular weight excluding hydrogens is 354 g/mol. The third-order valence-electron chi connectivity index (χ3n) is 4.25. The highest BCUT2D eigenvalue weighted by molar-refractivity contribution is 8.18. The zero-order valence-corrected chi connectivity index (χ0v) is 14.6. The molecule has 1 aromatic heterocycles. The number of hydrogen-bond acceptors (Lipinski definition) is 6. The van der Waals surface area contributed by atoms with Crippen molar-refractivity contribution in [3.63, 3.8) is 0 Å². The van der Waals surface area contributed by atoms with Gasteiger partial charge in [0.2, 0.25) is 0 Å². The van der Waals surface area contributed by atoms with Crippen molar-refractivity contribution in [1.82, 2.24) is 4.90 Å². The number of benzene rings is 1. The Bertz CT molecular complexity index is 941. The smallest absolute Gasteiger partial charge is 0.286 e. The monoisotopic (exact) mass is 369 g/mol. The summed E-state index contributed by atoms with van der Waals surface area (Å²) < 4.78 is 5.72. The number of nitrogens with zero attached hydrogens (tertiary/aromatic N) is 3. The van der Waals surface area contributed by atoms with E-state index in [-0.39, 0.29) is 11.6 Å². The van der Waals surface area contributed by atoms with Crippen molar-refractivity contribution in [2.75, 3.05) is 13.1 Å². The Morgan fingerprint density at radius 1 is 1.19 bits per heavy atom. The molecule has 2 aliphatic heterocycles. The third kappa shape index (κ3) is 3.15. The molecule has 8 heteroatoms. The summed E-state index contributed by atoms with van der Waals surface area (Å²) in [6.45, 7) is 1.85. The first-order valence-electron chi connectivity index (χ1n) is 8.23. The van der Waals surface area contributed by atoms with Crippen LogP contribution in [0, 0.1) is 10.1 Å². The fourth-order valence-electron chi connectivity index (χ4n) is 2.99. The standard InChI is InChI=1S/C18H15N3O4S/c22-17-16(26-18(19-17)20-9-3-4-10-20)11-12-7-8-15(25-12)13-5-1-2-6-14(13)21(23)24/h1-2,5-8,11H,3-4,9-10H2. The third-order valence-corrected chi connectivity index (χ3v) is 5.30. The van der Waals surface area contributed by atoms with Crippen LogP contribution in [0.3, 0.4) is 0 Å². The molecule has 1 aromatic carbocycles. The summed E-state index contributed by atoms with van der Waals surface area (Å²) in [5.41, 5.74) is 0.383. The molecule has 7 nitrogen and oxygen atoms in total. The number of likely N-dealkylation sites (tertiary alicyclic amines) is 1. The predicted octanol–water partition coefficient (Wildman–Crippen LogP) is 3.92. The molecule has 3 heterocycles. The van der Waals surface area contributed by atoms with Crippen LogP contribution in [0.15, 0.2) is 50.7 Å². The van der Waals surface area contributed by atoms with Crippen LogP contribution < -0.4 is 0 Å². The molecule has 132 valence electrons. The van der Waals surface area contributed by atoms with Gasteiger partial charge in [0.05, 0.1) is 15.4 Å². The topological polar surface area (TPSA) is 89.0 Å². The van der Waals surface area contributed by atoms with Crippen molar-refractivity contribution in [2.45, 2.75) is 12.8 Å². The number of para-hydroxylation sites is 1. The van der Waals surface area contributed by atoms with Crippen LogP contribution in [0.5, 0.6) is 0 Å². The Morgan fingerprint density at radius 3 is 2.73 bits per heavy atom. The van der Waals surface area contributed by atoms with Gasteiger partial charge in [0, 0.05) is 25.2 Å². The van der Waals surface area contributed by atoms with Gasteiger partial charge in [-0.2, -0.15) is 4.99 Å². The van der Waals surface area contributed by atoms with E-state index >= 15 is 0 Å². The molecule has 2 aromatic rings. The van der Waals surface area contributed by atoms with E-state index in [1.54, 1.807) is 36.4 Å². The van der Waals surface area contributed by atoms with Gasteiger partial charge in [-0.3, -0.25) is 14.9 Å². The summed E-state index contributed by atoms with van der Waals surface area (Å²) in [5, 5.41) is 11.9. The number of amidine groups is 1. The van der Waals surface area contributed by atoms with Crippen LogP contribution in [0.2, 0.25) is 0 Å². The normalized spacial score (nSPS) is 18.6. The number of thioether (sulfide) groups is 1. The fraction of sp³-hybridized carbons (Fsp3) is 0.222. The second-order valence-electron chi connectivity index (χ2n) is 5.98. The average molecular weight is 369 g/mol. The number of nitro benzene ring substituents is 1. The molecule has 0 aliphatic carbocycles. The van der Waals surface area contributed by atoms with E-state index < -0.39 is 4.92 Å². The number of carbonyl (C=O) groups is 1. The minimum atomic E-state index is -0.442. The Morgan fingerprint density at radius 2 is 1.96 bits per heavy atom. The van der Waals surface area contributed by atoms with Crippen molar-refractivity contribution < 1.29 is 14.1 Å². The Balaban J connectivity index is 1.57. The number of hydrogen-bond donors (Lipinski definition) is 0. The maximum Gasteiger partial charge on any atom is 0.286 e. The molecular formula is C18H15N3O4S. The van der Waals surface area contributed by atoms with E-state index in [0.29, 0.717) is 22.0 Å². The SMILES string of the molecule is O=C1N=C(N2CCCC2)SC1=Cc1ccc(-c2ccccc2[N+](=O)[O-])o1. The summed E-state index contributed by atoms with van der Waals surface area (Å²) in [5.74, 6) is 0.577. The number of aliphatic imine (C=N–C) groups is 1. The van der Waals surface area contributed by atoms with Crippen molar-refractivity contribution in [3.8, 4) is 11.3 Å². The van der Waals surface area contributed by atoms with Gasteiger partial charge >= 0.3 is 0 Å². The van der Waals surface area contributed by atoms with Crippen LogP contribution >= 0.6 is 11.8 Å². The molecule has 1 fully saturated rings. The van der Waals surface area contributed by atoms with Gasteiger partial charge < -0.3 is 9.32 Å². The van der Waals surface area contributed by atoms with Gasteiger partial charge in [-0.1, -0.05) is 12.1 Å². The highest BCUT2D eigenvalue weighted by Gasteiger charge is 2.28. The molecule has 0 atom stereocenters. The summed E-state index contributed by atoms with van der Waals surface area (Å²) in [4.78, 5) is 29.6. The van der Waals surface area contributed by atoms with E-state index in [0.717, 1.165) is 31.1 Å². The van der Waals surface area contributed by atoms with E-state index in [1.165, 1.54) is 17.8 Å². The van der Waals surface area contributed by atoms with Crippen LogP contribution in [0.25, 0.3) is 17.4 Å². The average Bonchev–Trinajstić information content (AvgIpc) is 3.37. The molecule has 0 radical (unpaired) electrons. The first-order chi connectivity index (χ1) is 12.6. The molecule has 26 heavy (non-hydrogen) atoms. The molecule has 1 saturated heterocycles. The molecule has 0 spiro atoms. The lowest BCUT2D eigenvalue weighted by molar-refractivity contribution is -0.384. The van der Waals surface area contributed by atoms with E-state index in [2.05, 4.69) is 9.89 Å². The van der Waals surface area contributed by atoms with Gasteiger partial charge in [0.25, 0.3) is 11.6 Å². The first-order valence-corrected chi connectivity index (χ1v) is 9.04. The van der Waals surface area contributed by atoms with Crippen molar-refractivity contribution in [3.05, 3.63) is 57.2 Å². The molecule has 0 N–H and O–H groups in total. The Hall–Kier alpha value is -2.87. The van der Waals surface area contributed by atoms with Crippen LogP contribution in [-0.2, 0) is 4.79 Å².